The number of rotatable bonds is 8. The molecule has 0 saturated heterocycles. The number of carbonyl (C=O) groups excluding carboxylic acids is 2. The molecule has 0 aliphatic carbocycles. The molecule has 29 heavy (non-hydrogen) atoms. The number of ether oxygens (including phenoxy) is 2. The third kappa shape index (κ3) is 7.89. The third-order valence-electron chi connectivity index (χ3n) is 3.62. The molecule has 2 rings (SSSR count). The molecule has 9 heteroatoms. The van der Waals surface area contributed by atoms with Gasteiger partial charge in [-0.15, -0.1) is 0 Å². The molecule has 0 aliphatic rings. The summed E-state index contributed by atoms with van der Waals surface area (Å²) in [6, 6.07) is 11.3. The number of nitrogens with one attached hydrogen (secondary N) is 2. The van der Waals surface area contributed by atoms with E-state index in [0.29, 0.717) is 33.7 Å². The SMILES string of the molecule is CCCCOC(=O)c1ccc(NC(=S)NC(=O)COc2ccc(Cl)c(Cl)c2)cc1. The van der Waals surface area contributed by atoms with Crippen LogP contribution in [0.25, 0.3) is 0 Å². The van der Waals surface area contributed by atoms with Crippen LogP contribution in [0.3, 0.4) is 0 Å². The fourth-order valence-electron chi connectivity index (χ4n) is 2.12. The summed E-state index contributed by atoms with van der Waals surface area (Å²) in [6.45, 7) is 2.17. The number of carbonyl (C=O) groups is 2. The summed E-state index contributed by atoms with van der Waals surface area (Å²) in [7, 11) is 0. The van der Waals surface area contributed by atoms with Gasteiger partial charge in [0.25, 0.3) is 5.91 Å². The zero-order valence-electron chi connectivity index (χ0n) is 15.7. The van der Waals surface area contributed by atoms with Crippen molar-refractivity contribution >= 4 is 58.1 Å². The molecule has 0 radical (unpaired) electrons. The van der Waals surface area contributed by atoms with Crippen LogP contribution in [0, 0.1) is 0 Å². The van der Waals surface area contributed by atoms with E-state index in [1.807, 2.05) is 6.92 Å². The molecular weight excluding hydrogens is 435 g/mol. The Morgan fingerprint density at radius 2 is 1.79 bits per heavy atom. The molecule has 154 valence electrons. The minimum Gasteiger partial charge on any atom is -0.484 e. The van der Waals surface area contributed by atoms with E-state index in [-0.39, 0.29) is 17.7 Å². The van der Waals surface area contributed by atoms with Crippen LogP contribution >= 0.6 is 35.4 Å². The summed E-state index contributed by atoms with van der Waals surface area (Å²) >= 11 is 16.8. The van der Waals surface area contributed by atoms with Gasteiger partial charge in [0.15, 0.2) is 11.7 Å². The number of amides is 1. The van der Waals surface area contributed by atoms with Crippen molar-refractivity contribution in [1.82, 2.24) is 5.32 Å². The lowest BCUT2D eigenvalue weighted by Crippen LogP contribution is -2.37. The second-order valence-electron chi connectivity index (χ2n) is 5.93. The number of thiocarbonyl (C=S) groups is 1. The zero-order valence-corrected chi connectivity index (χ0v) is 18.0. The van der Waals surface area contributed by atoms with Crippen LogP contribution in [-0.4, -0.2) is 30.2 Å². The quantitative estimate of drug-likeness (QED) is 0.337. The standard InChI is InChI=1S/C20H20Cl2N2O4S/c1-2-3-10-27-19(26)13-4-6-14(7-5-13)23-20(29)24-18(25)12-28-15-8-9-16(21)17(22)11-15/h4-9,11H,2-3,10,12H2,1H3,(H2,23,24,25,29). The molecule has 0 aromatic heterocycles. The number of benzene rings is 2. The molecule has 2 N–H and O–H groups in total. The Morgan fingerprint density at radius 1 is 1.07 bits per heavy atom. The maximum Gasteiger partial charge on any atom is 0.338 e. The molecule has 0 atom stereocenters. The van der Waals surface area contributed by atoms with E-state index in [9.17, 15) is 9.59 Å². The summed E-state index contributed by atoms with van der Waals surface area (Å²) in [4.78, 5) is 23.8. The summed E-state index contributed by atoms with van der Waals surface area (Å²) in [6.07, 6.45) is 1.78. The largest absolute Gasteiger partial charge is 0.484 e. The lowest BCUT2D eigenvalue weighted by Gasteiger charge is -2.11. The second-order valence-corrected chi connectivity index (χ2v) is 7.16. The van der Waals surface area contributed by atoms with Crippen LogP contribution < -0.4 is 15.4 Å². The number of hydrogen-bond donors (Lipinski definition) is 2. The van der Waals surface area contributed by atoms with E-state index in [2.05, 4.69) is 10.6 Å². The first kappa shape index (κ1) is 22.9. The molecule has 2 aromatic rings. The molecule has 0 saturated carbocycles. The van der Waals surface area contributed by atoms with Crippen LogP contribution in [-0.2, 0) is 9.53 Å². The molecule has 1 amide bonds. The van der Waals surface area contributed by atoms with Gasteiger partial charge in [-0.1, -0.05) is 36.5 Å². The van der Waals surface area contributed by atoms with Crippen LogP contribution in [0.1, 0.15) is 30.1 Å². The van der Waals surface area contributed by atoms with E-state index in [1.54, 1.807) is 36.4 Å². The molecular formula is C20H20Cl2N2O4S. The molecule has 0 spiro atoms. The van der Waals surface area contributed by atoms with Crippen molar-refractivity contribution in [1.29, 1.82) is 0 Å². The van der Waals surface area contributed by atoms with E-state index in [0.717, 1.165) is 12.8 Å². The van der Waals surface area contributed by atoms with Gasteiger partial charge in [0.05, 0.1) is 22.2 Å². The van der Waals surface area contributed by atoms with Crippen LogP contribution in [0.5, 0.6) is 5.75 Å². The van der Waals surface area contributed by atoms with Crippen molar-refractivity contribution in [3.8, 4) is 5.75 Å². The number of halogens is 2. The Kier molecular flexibility index (Phi) is 9.18. The lowest BCUT2D eigenvalue weighted by molar-refractivity contribution is -0.121. The van der Waals surface area contributed by atoms with Gasteiger partial charge in [-0.3, -0.25) is 10.1 Å². The fourth-order valence-corrected chi connectivity index (χ4v) is 2.64. The first-order chi connectivity index (χ1) is 13.9. The first-order valence-electron chi connectivity index (χ1n) is 8.85. The minimum absolute atomic E-state index is 0.103. The van der Waals surface area contributed by atoms with Gasteiger partial charge < -0.3 is 14.8 Å². The van der Waals surface area contributed by atoms with Gasteiger partial charge in [0.1, 0.15) is 5.75 Å². The monoisotopic (exact) mass is 454 g/mol. The highest BCUT2D eigenvalue weighted by Crippen LogP contribution is 2.26. The van der Waals surface area contributed by atoms with Crippen molar-refractivity contribution in [2.75, 3.05) is 18.5 Å². The van der Waals surface area contributed by atoms with Gasteiger partial charge in [-0.05, 0) is 55.0 Å². The number of esters is 1. The van der Waals surface area contributed by atoms with Gasteiger partial charge in [0, 0.05) is 11.8 Å². The highest BCUT2D eigenvalue weighted by molar-refractivity contribution is 7.80. The van der Waals surface area contributed by atoms with Crippen LogP contribution in [0.15, 0.2) is 42.5 Å². The average Bonchev–Trinajstić information content (AvgIpc) is 2.69. The third-order valence-corrected chi connectivity index (χ3v) is 4.57. The maximum absolute atomic E-state index is 12.0. The van der Waals surface area contributed by atoms with E-state index < -0.39 is 5.91 Å². The Labute approximate surface area is 184 Å². The maximum atomic E-state index is 12.0. The summed E-state index contributed by atoms with van der Waals surface area (Å²) in [5.74, 6) is -0.403. The van der Waals surface area contributed by atoms with Gasteiger partial charge in [0.2, 0.25) is 0 Å². The number of anilines is 1. The molecule has 0 bridgehead atoms. The number of hydrogen-bond acceptors (Lipinski definition) is 5. The smallest absolute Gasteiger partial charge is 0.338 e. The van der Waals surface area contributed by atoms with E-state index >= 15 is 0 Å². The average molecular weight is 455 g/mol. The molecule has 0 unspecified atom stereocenters. The molecule has 6 nitrogen and oxygen atoms in total. The Morgan fingerprint density at radius 3 is 2.45 bits per heavy atom. The first-order valence-corrected chi connectivity index (χ1v) is 10.0. The summed E-state index contributed by atoms with van der Waals surface area (Å²) < 4.78 is 10.5. The van der Waals surface area contributed by atoms with Crippen molar-refractivity contribution in [3.63, 3.8) is 0 Å². The van der Waals surface area contributed by atoms with Crippen LogP contribution in [0.2, 0.25) is 10.0 Å². The minimum atomic E-state index is -0.440. The molecule has 0 heterocycles. The van der Waals surface area contributed by atoms with Gasteiger partial charge >= 0.3 is 5.97 Å². The summed E-state index contributed by atoms with van der Waals surface area (Å²) in [5.41, 5.74) is 1.06. The highest BCUT2D eigenvalue weighted by atomic mass is 35.5. The van der Waals surface area contributed by atoms with Crippen molar-refractivity contribution in [2.24, 2.45) is 0 Å². The Bertz CT molecular complexity index is 875. The fraction of sp³-hybridized carbons (Fsp3) is 0.250. The van der Waals surface area contributed by atoms with Gasteiger partial charge in [-0.25, -0.2) is 4.79 Å². The second kappa shape index (κ2) is 11.6. The van der Waals surface area contributed by atoms with Crippen LogP contribution in [0.4, 0.5) is 5.69 Å². The molecule has 0 fully saturated rings. The predicted octanol–water partition coefficient (Wildman–Crippen LogP) is 4.84. The number of unbranched alkanes of at least 4 members (excludes halogenated alkanes) is 1. The van der Waals surface area contributed by atoms with Crippen molar-refractivity contribution < 1.29 is 19.1 Å². The summed E-state index contributed by atoms with van der Waals surface area (Å²) in [5, 5.41) is 6.19. The molecule has 0 aliphatic heterocycles. The van der Waals surface area contributed by atoms with Crippen molar-refractivity contribution in [2.45, 2.75) is 19.8 Å². The topological polar surface area (TPSA) is 76.7 Å². The zero-order chi connectivity index (χ0) is 21.2. The lowest BCUT2D eigenvalue weighted by atomic mass is 10.2. The Hall–Kier alpha value is -2.35. The predicted molar refractivity (Wildman–Crippen MR) is 118 cm³/mol. The van der Waals surface area contributed by atoms with Gasteiger partial charge in [-0.2, -0.15) is 0 Å². The Balaban J connectivity index is 1.78. The van der Waals surface area contributed by atoms with E-state index in [1.165, 1.54) is 6.07 Å². The van der Waals surface area contributed by atoms with Crippen molar-refractivity contribution in [3.05, 3.63) is 58.1 Å². The van der Waals surface area contributed by atoms with E-state index in [4.69, 9.17) is 44.9 Å². The normalized spacial score (nSPS) is 10.2. The highest BCUT2D eigenvalue weighted by Gasteiger charge is 2.09. The molecule has 2 aromatic carbocycles.